The number of carbonyl (C=O) groups excluding carboxylic acids is 2. The van der Waals surface area contributed by atoms with E-state index in [9.17, 15) is 9.59 Å². The van der Waals surface area contributed by atoms with Gasteiger partial charge in [-0.05, 0) is 38.0 Å². The van der Waals surface area contributed by atoms with E-state index in [0.29, 0.717) is 62.8 Å². The van der Waals surface area contributed by atoms with Crippen molar-refractivity contribution in [1.82, 2.24) is 19.6 Å². The fourth-order valence-electron chi connectivity index (χ4n) is 4.03. The van der Waals surface area contributed by atoms with Crippen LogP contribution in [0.5, 0.6) is 0 Å². The Bertz CT molecular complexity index is 899. The maximum atomic E-state index is 13.0. The minimum atomic E-state index is -0.0342. The summed E-state index contributed by atoms with van der Waals surface area (Å²) >= 11 is 6.08. The van der Waals surface area contributed by atoms with Gasteiger partial charge in [0, 0.05) is 37.1 Å². The van der Waals surface area contributed by atoms with E-state index in [1.807, 2.05) is 34.9 Å². The molecule has 3 heterocycles. The summed E-state index contributed by atoms with van der Waals surface area (Å²) in [5.41, 5.74) is 2.19. The number of ether oxygens (including phenoxy) is 1. The summed E-state index contributed by atoms with van der Waals surface area (Å²) < 4.78 is 7.05. The number of amides is 2. The Morgan fingerprint density at radius 3 is 2.52 bits per heavy atom. The third-order valence-electron chi connectivity index (χ3n) is 5.75. The molecule has 2 aliphatic heterocycles. The number of hydrogen-bond donors (Lipinski definition) is 0. The lowest BCUT2D eigenvalue weighted by atomic mass is 9.94. The van der Waals surface area contributed by atoms with Crippen LogP contribution in [-0.2, 0) is 9.53 Å². The van der Waals surface area contributed by atoms with Gasteiger partial charge >= 0.3 is 0 Å². The molecule has 4 rings (SSSR count). The highest BCUT2D eigenvalue weighted by molar-refractivity contribution is 6.30. The number of aromatic nitrogens is 2. The number of rotatable bonds is 3. The van der Waals surface area contributed by atoms with E-state index >= 15 is 0 Å². The summed E-state index contributed by atoms with van der Waals surface area (Å²) in [5.74, 6) is 0.158. The number of benzene rings is 1. The first-order valence-corrected chi connectivity index (χ1v) is 10.4. The Balaban J connectivity index is 1.40. The predicted octanol–water partition coefficient (Wildman–Crippen LogP) is 2.55. The van der Waals surface area contributed by atoms with Gasteiger partial charge in [0.25, 0.3) is 5.91 Å². The number of halogens is 1. The van der Waals surface area contributed by atoms with Crippen molar-refractivity contribution in [3.8, 4) is 5.69 Å². The Labute approximate surface area is 175 Å². The molecular weight excluding hydrogens is 392 g/mol. The quantitative estimate of drug-likeness (QED) is 0.771. The molecule has 2 saturated heterocycles. The van der Waals surface area contributed by atoms with Crippen molar-refractivity contribution < 1.29 is 14.3 Å². The van der Waals surface area contributed by atoms with Gasteiger partial charge < -0.3 is 14.5 Å². The lowest BCUT2D eigenvalue weighted by molar-refractivity contribution is -0.141. The molecule has 0 bridgehead atoms. The standard InChI is InChI=1S/C21H25ClN4O3/c1-15-19(14-23-26(15)18-4-2-3-17(22)13-18)21(28)24-7-5-16(6-8-24)20(27)25-9-11-29-12-10-25/h2-4,13-14,16H,5-12H2,1H3. The molecule has 0 aliphatic carbocycles. The second-order valence-electron chi connectivity index (χ2n) is 7.54. The number of piperidine rings is 1. The molecule has 0 radical (unpaired) electrons. The van der Waals surface area contributed by atoms with Gasteiger partial charge in [-0.15, -0.1) is 0 Å². The number of carbonyl (C=O) groups is 2. The van der Waals surface area contributed by atoms with Crippen LogP contribution < -0.4 is 0 Å². The van der Waals surface area contributed by atoms with E-state index in [1.165, 1.54) is 0 Å². The van der Waals surface area contributed by atoms with E-state index in [2.05, 4.69) is 5.10 Å². The fraction of sp³-hybridized carbons (Fsp3) is 0.476. The molecule has 0 spiro atoms. The molecular formula is C21H25ClN4O3. The normalized spacial score (nSPS) is 18.1. The first kappa shape index (κ1) is 19.9. The minimum Gasteiger partial charge on any atom is -0.378 e. The number of nitrogens with zero attached hydrogens (tertiary/aromatic N) is 4. The molecule has 1 aromatic carbocycles. The van der Waals surface area contributed by atoms with E-state index in [1.54, 1.807) is 16.9 Å². The summed E-state index contributed by atoms with van der Waals surface area (Å²) in [4.78, 5) is 29.5. The van der Waals surface area contributed by atoms with E-state index in [-0.39, 0.29) is 17.7 Å². The SMILES string of the molecule is Cc1c(C(=O)N2CCC(C(=O)N3CCOCC3)CC2)cnn1-c1cccc(Cl)c1. The van der Waals surface area contributed by atoms with Crippen molar-refractivity contribution in [3.05, 3.63) is 46.7 Å². The van der Waals surface area contributed by atoms with Gasteiger partial charge in [-0.1, -0.05) is 17.7 Å². The molecule has 8 heteroatoms. The summed E-state index contributed by atoms with van der Waals surface area (Å²) in [6.07, 6.45) is 3.01. The highest BCUT2D eigenvalue weighted by Crippen LogP contribution is 2.24. The molecule has 7 nitrogen and oxygen atoms in total. The Kier molecular flexibility index (Phi) is 5.87. The maximum absolute atomic E-state index is 13.0. The van der Waals surface area contributed by atoms with Gasteiger partial charge in [0.15, 0.2) is 0 Å². The number of morpholine rings is 1. The second kappa shape index (κ2) is 8.55. The summed E-state index contributed by atoms with van der Waals surface area (Å²) in [7, 11) is 0. The first-order chi connectivity index (χ1) is 14.0. The Hall–Kier alpha value is -2.38. The van der Waals surface area contributed by atoms with Gasteiger partial charge in [-0.2, -0.15) is 5.10 Å². The average Bonchev–Trinajstić information content (AvgIpc) is 3.15. The zero-order valence-corrected chi connectivity index (χ0v) is 17.3. The van der Waals surface area contributed by atoms with Crippen LogP contribution in [0.1, 0.15) is 28.9 Å². The molecule has 0 saturated carbocycles. The largest absolute Gasteiger partial charge is 0.378 e. The predicted molar refractivity (Wildman–Crippen MR) is 109 cm³/mol. The zero-order chi connectivity index (χ0) is 20.4. The monoisotopic (exact) mass is 416 g/mol. The Morgan fingerprint density at radius 2 is 1.83 bits per heavy atom. The van der Waals surface area contributed by atoms with Crippen molar-refractivity contribution in [2.45, 2.75) is 19.8 Å². The summed E-state index contributed by atoms with van der Waals surface area (Å²) in [6, 6.07) is 7.39. The van der Waals surface area contributed by atoms with E-state index < -0.39 is 0 Å². The van der Waals surface area contributed by atoms with Crippen LogP contribution in [0, 0.1) is 12.8 Å². The molecule has 0 N–H and O–H groups in total. The maximum Gasteiger partial charge on any atom is 0.257 e. The van der Waals surface area contributed by atoms with Crippen LogP contribution >= 0.6 is 11.6 Å². The van der Waals surface area contributed by atoms with Gasteiger partial charge in [0.1, 0.15) is 0 Å². The van der Waals surface area contributed by atoms with Gasteiger partial charge in [0.2, 0.25) is 5.91 Å². The smallest absolute Gasteiger partial charge is 0.257 e. The summed E-state index contributed by atoms with van der Waals surface area (Å²) in [6.45, 7) is 5.61. The van der Waals surface area contributed by atoms with Gasteiger partial charge in [-0.3, -0.25) is 9.59 Å². The van der Waals surface area contributed by atoms with E-state index in [4.69, 9.17) is 16.3 Å². The van der Waals surface area contributed by atoms with Crippen LogP contribution in [0.4, 0.5) is 0 Å². The topological polar surface area (TPSA) is 67.7 Å². The van der Waals surface area contributed by atoms with Crippen LogP contribution in [0.2, 0.25) is 5.02 Å². The van der Waals surface area contributed by atoms with Crippen LogP contribution in [0.15, 0.2) is 30.5 Å². The van der Waals surface area contributed by atoms with Gasteiger partial charge in [0.05, 0.1) is 36.4 Å². The highest BCUT2D eigenvalue weighted by Gasteiger charge is 2.32. The third kappa shape index (κ3) is 4.16. The molecule has 2 aromatic rings. The molecule has 2 fully saturated rings. The van der Waals surface area contributed by atoms with Crippen LogP contribution in [0.3, 0.4) is 0 Å². The zero-order valence-electron chi connectivity index (χ0n) is 16.5. The van der Waals surface area contributed by atoms with Gasteiger partial charge in [-0.25, -0.2) is 4.68 Å². The third-order valence-corrected chi connectivity index (χ3v) is 5.98. The van der Waals surface area contributed by atoms with Crippen molar-refractivity contribution >= 4 is 23.4 Å². The molecule has 29 heavy (non-hydrogen) atoms. The second-order valence-corrected chi connectivity index (χ2v) is 7.98. The highest BCUT2D eigenvalue weighted by atomic mass is 35.5. The van der Waals surface area contributed by atoms with Crippen molar-refractivity contribution in [1.29, 1.82) is 0 Å². The molecule has 2 amide bonds. The van der Waals surface area contributed by atoms with E-state index in [0.717, 1.165) is 11.4 Å². The summed E-state index contributed by atoms with van der Waals surface area (Å²) in [5, 5.41) is 5.01. The lowest BCUT2D eigenvalue weighted by Gasteiger charge is -2.35. The molecule has 0 atom stereocenters. The fourth-order valence-corrected chi connectivity index (χ4v) is 4.21. The lowest BCUT2D eigenvalue weighted by Crippen LogP contribution is -2.47. The molecule has 0 unspecified atom stereocenters. The minimum absolute atomic E-state index is 0.00701. The van der Waals surface area contributed by atoms with Crippen molar-refractivity contribution in [3.63, 3.8) is 0 Å². The van der Waals surface area contributed by atoms with Crippen molar-refractivity contribution in [2.75, 3.05) is 39.4 Å². The first-order valence-electron chi connectivity index (χ1n) is 10.0. The average molecular weight is 417 g/mol. The Morgan fingerprint density at radius 1 is 1.10 bits per heavy atom. The van der Waals surface area contributed by atoms with Crippen LogP contribution in [0.25, 0.3) is 5.69 Å². The molecule has 154 valence electrons. The van der Waals surface area contributed by atoms with Crippen molar-refractivity contribution in [2.24, 2.45) is 5.92 Å². The number of hydrogen-bond acceptors (Lipinski definition) is 4. The molecule has 1 aromatic heterocycles. The number of likely N-dealkylation sites (tertiary alicyclic amines) is 1. The molecule has 2 aliphatic rings. The van der Waals surface area contributed by atoms with Crippen LogP contribution in [-0.4, -0.2) is 70.8 Å².